The van der Waals surface area contributed by atoms with Crippen LogP contribution in [0.5, 0.6) is 5.75 Å². The van der Waals surface area contributed by atoms with Crippen molar-refractivity contribution in [2.45, 2.75) is 71.8 Å². The Morgan fingerprint density at radius 2 is 1.80 bits per heavy atom. The van der Waals surface area contributed by atoms with Crippen LogP contribution in [0.3, 0.4) is 0 Å². The Morgan fingerprint density at radius 1 is 1.13 bits per heavy atom. The number of benzene rings is 1. The van der Waals surface area contributed by atoms with Gasteiger partial charge in [-0.25, -0.2) is 4.79 Å². The summed E-state index contributed by atoms with van der Waals surface area (Å²) in [6.07, 6.45) is 3.25. The predicted octanol–water partition coefficient (Wildman–Crippen LogP) is 5.51. The van der Waals surface area contributed by atoms with E-state index >= 15 is 0 Å². The average Bonchev–Trinajstić information content (AvgIpc) is 3.05. The molecule has 0 bridgehead atoms. The largest absolute Gasteiger partial charge is 0.481 e. The smallest absolute Gasteiger partial charge is 0.341 e. The lowest BCUT2D eigenvalue weighted by Crippen LogP contribution is -2.30. The van der Waals surface area contributed by atoms with E-state index < -0.39 is 6.10 Å². The van der Waals surface area contributed by atoms with Crippen molar-refractivity contribution in [3.8, 4) is 5.75 Å². The molecular weight excluding hydrogens is 398 g/mol. The van der Waals surface area contributed by atoms with Gasteiger partial charge in [-0.1, -0.05) is 32.9 Å². The SMILES string of the molecule is CCOC(=O)c1c(NC(=O)C(C)Oc2ccc(C(C)(C)C)cc2)sc2c1CCCC2. The number of fused-ring (bicyclic) bond motifs is 1. The first-order valence-electron chi connectivity index (χ1n) is 10.6. The number of carbonyl (C=O) groups is 2. The quantitative estimate of drug-likeness (QED) is 0.615. The molecule has 1 aromatic carbocycles. The first-order chi connectivity index (χ1) is 14.2. The molecule has 0 saturated heterocycles. The Kier molecular flexibility index (Phi) is 6.86. The van der Waals surface area contributed by atoms with Crippen LogP contribution >= 0.6 is 11.3 Å². The molecule has 1 N–H and O–H groups in total. The van der Waals surface area contributed by atoms with Crippen molar-refractivity contribution in [1.29, 1.82) is 0 Å². The van der Waals surface area contributed by atoms with Crippen LogP contribution in [0, 0.1) is 0 Å². The summed E-state index contributed by atoms with van der Waals surface area (Å²) in [6, 6.07) is 7.81. The summed E-state index contributed by atoms with van der Waals surface area (Å²) in [6.45, 7) is 10.3. The van der Waals surface area contributed by atoms with Crippen LogP contribution in [-0.4, -0.2) is 24.6 Å². The van der Waals surface area contributed by atoms with Gasteiger partial charge in [-0.05, 0) is 68.2 Å². The van der Waals surface area contributed by atoms with Gasteiger partial charge < -0.3 is 14.8 Å². The molecule has 0 radical (unpaired) electrons. The molecule has 1 aromatic heterocycles. The maximum absolute atomic E-state index is 12.8. The third kappa shape index (κ3) is 5.04. The van der Waals surface area contributed by atoms with Crippen LogP contribution in [0.25, 0.3) is 0 Å². The molecule has 162 valence electrons. The van der Waals surface area contributed by atoms with Gasteiger partial charge >= 0.3 is 5.97 Å². The van der Waals surface area contributed by atoms with Crippen molar-refractivity contribution in [1.82, 2.24) is 0 Å². The normalized spacial score (nSPS) is 14.6. The zero-order valence-corrected chi connectivity index (χ0v) is 19.3. The number of hydrogen-bond acceptors (Lipinski definition) is 5. The highest BCUT2D eigenvalue weighted by molar-refractivity contribution is 7.17. The molecule has 3 rings (SSSR count). The summed E-state index contributed by atoms with van der Waals surface area (Å²) in [7, 11) is 0. The Morgan fingerprint density at radius 3 is 2.43 bits per heavy atom. The zero-order chi connectivity index (χ0) is 21.9. The van der Waals surface area contributed by atoms with Gasteiger partial charge in [0.05, 0.1) is 12.2 Å². The van der Waals surface area contributed by atoms with Crippen molar-refractivity contribution >= 4 is 28.2 Å². The van der Waals surface area contributed by atoms with Crippen molar-refractivity contribution < 1.29 is 19.1 Å². The van der Waals surface area contributed by atoms with Crippen LogP contribution in [0.15, 0.2) is 24.3 Å². The maximum Gasteiger partial charge on any atom is 0.341 e. The second kappa shape index (κ2) is 9.21. The molecule has 1 amide bonds. The fourth-order valence-corrected chi connectivity index (χ4v) is 4.86. The molecule has 30 heavy (non-hydrogen) atoms. The number of amides is 1. The molecule has 1 heterocycles. The highest BCUT2D eigenvalue weighted by Crippen LogP contribution is 2.38. The van der Waals surface area contributed by atoms with E-state index in [0.29, 0.717) is 22.9 Å². The van der Waals surface area contributed by atoms with Gasteiger partial charge in [0.2, 0.25) is 0 Å². The van der Waals surface area contributed by atoms with Crippen molar-refractivity contribution in [3.63, 3.8) is 0 Å². The van der Waals surface area contributed by atoms with E-state index in [-0.39, 0.29) is 17.3 Å². The van der Waals surface area contributed by atoms with Crippen LogP contribution in [0.2, 0.25) is 0 Å². The molecule has 1 atom stereocenters. The van der Waals surface area contributed by atoms with E-state index in [2.05, 4.69) is 26.1 Å². The lowest BCUT2D eigenvalue weighted by molar-refractivity contribution is -0.122. The molecule has 6 heteroatoms. The Hall–Kier alpha value is -2.34. The molecule has 1 aliphatic rings. The van der Waals surface area contributed by atoms with E-state index in [1.54, 1.807) is 13.8 Å². The Balaban J connectivity index is 1.73. The average molecular weight is 430 g/mol. The highest BCUT2D eigenvalue weighted by atomic mass is 32.1. The first kappa shape index (κ1) is 22.3. The second-order valence-corrected chi connectivity index (χ2v) is 9.76. The molecule has 0 spiro atoms. The van der Waals surface area contributed by atoms with Crippen LogP contribution < -0.4 is 10.1 Å². The molecule has 2 aromatic rings. The van der Waals surface area contributed by atoms with Gasteiger partial charge in [-0.3, -0.25) is 4.79 Å². The van der Waals surface area contributed by atoms with Crippen LogP contribution in [0.1, 0.15) is 73.8 Å². The van der Waals surface area contributed by atoms with Crippen molar-refractivity contribution in [2.24, 2.45) is 0 Å². The van der Waals surface area contributed by atoms with Crippen LogP contribution in [-0.2, 0) is 27.8 Å². The van der Waals surface area contributed by atoms with E-state index in [1.165, 1.54) is 21.8 Å². The zero-order valence-electron chi connectivity index (χ0n) is 18.5. The molecule has 0 saturated carbocycles. The molecule has 0 fully saturated rings. The van der Waals surface area contributed by atoms with Gasteiger partial charge in [-0.15, -0.1) is 11.3 Å². The minimum absolute atomic E-state index is 0.0588. The summed E-state index contributed by atoms with van der Waals surface area (Å²) in [5.74, 6) is -0.000626. The second-order valence-electron chi connectivity index (χ2n) is 8.66. The van der Waals surface area contributed by atoms with Gasteiger partial charge in [0.1, 0.15) is 10.8 Å². The summed E-state index contributed by atoms with van der Waals surface area (Å²) in [4.78, 5) is 26.5. The summed E-state index contributed by atoms with van der Waals surface area (Å²) in [5.41, 5.74) is 2.82. The summed E-state index contributed by atoms with van der Waals surface area (Å²) in [5, 5.41) is 3.49. The van der Waals surface area contributed by atoms with Gasteiger partial charge in [0.25, 0.3) is 5.91 Å². The van der Waals surface area contributed by atoms with Crippen LogP contribution in [0.4, 0.5) is 5.00 Å². The summed E-state index contributed by atoms with van der Waals surface area (Å²) >= 11 is 1.48. The highest BCUT2D eigenvalue weighted by Gasteiger charge is 2.28. The number of anilines is 1. The fourth-order valence-electron chi connectivity index (χ4n) is 3.58. The molecule has 1 unspecified atom stereocenters. The Bertz CT molecular complexity index is 909. The van der Waals surface area contributed by atoms with Gasteiger partial charge in [0, 0.05) is 4.88 Å². The van der Waals surface area contributed by atoms with E-state index in [1.807, 2.05) is 24.3 Å². The third-order valence-electron chi connectivity index (χ3n) is 5.29. The lowest BCUT2D eigenvalue weighted by Gasteiger charge is -2.20. The van der Waals surface area contributed by atoms with E-state index in [9.17, 15) is 9.59 Å². The number of rotatable bonds is 6. The van der Waals surface area contributed by atoms with E-state index in [4.69, 9.17) is 9.47 Å². The van der Waals surface area contributed by atoms with Crippen molar-refractivity contribution in [2.75, 3.05) is 11.9 Å². The first-order valence-corrected chi connectivity index (χ1v) is 11.4. The van der Waals surface area contributed by atoms with Gasteiger partial charge in [0.15, 0.2) is 6.10 Å². The van der Waals surface area contributed by atoms with E-state index in [0.717, 1.165) is 31.2 Å². The minimum Gasteiger partial charge on any atom is -0.481 e. The fraction of sp³-hybridized carbons (Fsp3) is 0.500. The number of thiophene rings is 1. The Labute approximate surface area is 182 Å². The predicted molar refractivity (Wildman–Crippen MR) is 121 cm³/mol. The summed E-state index contributed by atoms with van der Waals surface area (Å²) < 4.78 is 11.1. The number of carbonyl (C=O) groups excluding carboxylic acids is 2. The van der Waals surface area contributed by atoms with Crippen molar-refractivity contribution in [3.05, 3.63) is 45.8 Å². The maximum atomic E-state index is 12.8. The monoisotopic (exact) mass is 429 g/mol. The number of aryl methyl sites for hydroxylation is 1. The lowest BCUT2D eigenvalue weighted by atomic mass is 9.87. The number of nitrogens with one attached hydrogen (secondary N) is 1. The molecule has 5 nitrogen and oxygen atoms in total. The molecular formula is C24H31NO4S. The number of ether oxygens (including phenoxy) is 2. The topological polar surface area (TPSA) is 64.6 Å². The standard InChI is InChI=1S/C24H31NO4S/c1-6-28-23(27)20-18-9-7-8-10-19(18)30-22(20)25-21(26)15(2)29-17-13-11-16(12-14-17)24(3,4)5/h11-15H,6-10H2,1-5H3,(H,25,26). The number of esters is 1. The molecule has 1 aliphatic carbocycles. The molecule has 0 aliphatic heterocycles. The third-order valence-corrected chi connectivity index (χ3v) is 6.50. The number of hydrogen-bond donors (Lipinski definition) is 1. The van der Waals surface area contributed by atoms with Gasteiger partial charge in [-0.2, -0.15) is 0 Å². The minimum atomic E-state index is -0.695.